The van der Waals surface area contributed by atoms with Crippen molar-refractivity contribution in [2.24, 2.45) is 0 Å². The van der Waals surface area contributed by atoms with Crippen molar-refractivity contribution in [1.82, 2.24) is 4.98 Å². The summed E-state index contributed by atoms with van der Waals surface area (Å²) in [5, 5.41) is 5.72. The third kappa shape index (κ3) is 5.18. The van der Waals surface area contributed by atoms with Crippen LogP contribution in [0.1, 0.15) is 11.3 Å². The van der Waals surface area contributed by atoms with Crippen LogP contribution in [-0.2, 0) is 21.2 Å². The van der Waals surface area contributed by atoms with Gasteiger partial charge in [0.25, 0.3) is 10.0 Å². The minimum Gasteiger partial charge on any atom is -0.462 e. The van der Waals surface area contributed by atoms with Crippen LogP contribution in [0.4, 0.5) is 11.4 Å². The number of anilines is 2. The number of thiazole rings is 1. The van der Waals surface area contributed by atoms with Crippen LogP contribution in [0.3, 0.4) is 0 Å². The van der Waals surface area contributed by atoms with E-state index >= 15 is 0 Å². The van der Waals surface area contributed by atoms with E-state index in [1.807, 2.05) is 0 Å². The molecule has 0 unspecified atom stereocenters. The normalized spacial score (nSPS) is 11.3. The van der Waals surface area contributed by atoms with E-state index in [0.29, 0.717) is 38.4 Å². The van der Waals surface area contributed by atoms with Crippen molar-refractivity contribution < 1.29 is 17.6 Å². The fraction of sp³-hybridized carbons (Fsp3) is 0.0909. The van der Waals surface area contributed by atoms with Gasteiger partial charge in [-0.05, 0) is 61.0 Å². The van der Waals surface area contributed by atoms with Gasteiger partial charge in [0.2, 0.25) is 5.91 Å². The Balaban J connectivity index is 1.47. The largest absolute Gasteiger partial charge is 0.462 e. The van der Waals surface area contributed by atoms with E-state index in [2.05, 4.69) is 15.0 Å². The zero-order valence-electron chi connectivity index (χ0n) is 16.8. The first-order valence-corrected chi connectivity index (χ1v) is 12.2. The Morgan fingerprint density at radius 1 is 1.12 bits per heavy atom. The minimum absolute atomic E-state index is 0.0518. The maximum absolute atomic E-state index is 12.9. The van der Waals surface area contributed by atoms with Gasteiger partial charge in [-0.1, -0.05) is 17.7 Å². The van der Waals surface area contributed by atoms with Crippen LogP contribution in [0.5, 0.6) is 0 Å². The summed E-state index contributed by atoms with van der Waals surface area (Å²) >= 11 is 7.24. The van der Waals surface area contributed by atoms with E-state index in [9.17, 15) is 13.2 Å². The minimum atomic E-state index is -3.86. The number of halogens is 1. The Morgan fingerprint density at radius 3 is 2.59 bits per heavy atom. The van der Waals surface area contributed by atoms with Crippen LogP contribution in [0, 0.1) is 6.92 Å². The molecule has 0 saturated carbocycles. The summed E-state index contributed by atoms with van der Waals surface area (Å²) in [7, 11) is -3.86. The van der Waals surface area contributed by atoms with Gasteiger partial charge in [0.05, 0.1) is 23.3 Å². The first-order chi connectivity index (χ1) is 15.3. The van der Waals surface area contributed by atoms with Gasteiger partial charge in [-0.25, -0.2) is 13.4 Å². The van der Waals surface area contributed by atoms with E-state index < -0.39 is 10.0 Å². The second kappa shape index (κ2) is 9.15. The smallest absolute Gasteiger partial charge is 0.262 e. The quantitative estimate of drug-likeness (QED) is 0.366. The number of rotatable bonds is 7. The van der Waals surface area contributed by atoms with Crippen LogP contribution < -0.4 is 10.0 Å². The lowest BCUT2D eigenvalue weighted by Crippen LogP contribution is -2.17. The Labute approximate surface area is 194 Å². The second-order valence-corrected chi connectivity index (χ2v) is 9.88. The highest BCUT2D eigenvalue weighted by Crippen LogP contribution is 2.26. The summed E-state index contributed by atoms with van der Waals surface area (Å²) in [5.74, 6) is 0.336. The molecule has 0 fully saturated rings. The Bertz CT molecular complexity index is 1350. The summed E-state index contributed by atoms with van der Waals surface area (Å²) in [6.45, 7) is 1.69. The lowest BCUT2D eigenvalue weighted by molar-refractivity contribution is -0.115. The van der Waals surface area contributed by atoms with Crippen molar-refractivity contribution >= 4 is 50.2 Å². The summed E-state index contributed by atoms with van der Waals surface area (Å²) in [6, 6.07) is 14.6. The first-order valence-electron chi connectivity index (χ1n) is 9.47. The predicted octanol–water partition coefficient (Wildman–Crippen LogP) is 5.35. The molecule has 2 heterocycles. The average molecular weight is 488 g/mol. The highest BCUT2D eigenvalue weighted by Gasteiger charge is 2.19. The molecule has 0 aliphatic heterocycles. The molecule has 1 amide bonds. The molecule has 0 saturated heterocycles. The molecule has 0 aliphatic rings. The van der Waals surface area contributed by atoms with Gasteiger partial charge in [0, 0.05) is 21.8 Å². The van der Waals surface area contributed by atoms with Gasteiger partial charge in [-0.3, -0.25) is 9.52 Å². The number of aryl methyl sites for hydroxylation is 1. The fourth-order valence-corrected chi connectivity index (χ4v) is 5.21. The highest BCUT2D eigenvalue weighted by molar-refractivity contribution is 7.92. The number of benzene rings is 2. The molecule has 0 atom stereocenters. The molecule has 2 N–H and O–H groups in total. The monoisotopic (exact) mass is 487 g/mol. The molecule has 164 valence electrons. The zero-order valence-corrected chi connectivity index (χ0v) is 19.2. The van der Waals surface area contributed by atoms with Crippen LogP contribution in [0.15, 0.2) is 75.6 Å². The Kier molecular flexibility index (Phi) is 6.31. The number of nitrogens with zero attached hydrogens (tertiary/aromatic N) is 1. The van der Waals surface area contributed by atoms with Gasteiger partial charge in [-0.15, -0.1) is 11.3 Å². The molecule has 4 aromatic rings. The number of hydrogen-bond donors (Lipinski definition) is 2. The van der Waals surface area contributed by atoms with Crippen molar-refractivity contribution in [3.05, 3.63) is 82.5 Å². The number of amides is 1. The molecule has 0 spiro atoms. The Hall–Kier alpha value is -3.14. The maximum Gasteiger partial charge on any atom is 0.262 e. The fourth-order valence-electron chi connectivity index (χ4n) is 2.97. The SMILES string of the molecule is Cc1ccc(NC(=O)Cc2csc(-c3ccco3)n2)cc1S(=O)(=O)Nc1ccc(Cl)cc1. The van der Waals surface area contributed by atoms with Crippen LogP contribution in [-0.4, -0.2) is 19.3 Å². The number of nitrogens with one attached hydrogen (secondary N) is 2. The molecule has 7 nitrogen and oxygen atoms in total. The van der Waals surface area contributed by atoms with Crippen molar-refractivity contribution in [1.29, 1.82) is 0 Å². The molecular weight excluding hydrogens is 470 g/mol. The standard InChI is InChI=1S/C22H18ClN3O4S2/c1-14-4-7-17(11-20(14)32(28,29)26-16-8-5-15(23)6-9-16)24-21(27)12-18-13-31-22(25-18)19-3-2-10-30-19/h2-11,13,26H,12H2,1H3,(H,24,27). The third-order valence-corrected chi connectivity index (χ3v) is 7.16. The van der Waals surface area contributed by atoms with Gasteiger partial charge in [0.1, 0.15) is 0 Å². The average Bonchev–Trinajstić information content (AvgIpc) is 3.43. The second-order valence-electron chi connectivity index (χ2n) is 6.94. The number of sulfonamides is 1. The molecular formula is C22H18ClN3O4S2. The van der Waals surface area contributed by atoms with E-state index in [0.717, 1.165) is 0 Å². The van der Waals surface area contributed by atoms with Crippen molar-refractivity contribution in [2.45, 2.75) is 18.2 Å². The van der Waals surface area contributed by atoms with E-state index in [4.69, 9.17) is 16.0 Å². The first kappa shape index (κ1) is 22.1. The number of carbonyl (C=O) groups is 1. The molecule has 10 heteroatoms. The van der Waals surface area contributed by atoms with Crippen molar-refractivity contribution in [3.63, 3.8) is 0 Å². The summed E-state index contributed by atoms with van der Waals surface area (Å²) in [5.41, 5.74) is 1.91. The predicted molar refractivity (Wildman–Crippen MR) is 126 cm³/mol. The molecule has 0 radical (unpaired) electrons. The molecule has 2 aromatic heterocycles. The highest BCUT2D eigenvalue weighted by atomic mass is 35.5. The lowest BCUT2D eigenvalue weighted by Gasteiger charge is -2.13. The summed E-state index contributed by atoms with van der Waals surface area (Å²) in [6.07, 6.45) is 1.62. The molecule has 32 heavy (non-hydrogen) atoms. The number of aromatic nitrogens is 1. The summed E-state index contributed by atoms with van der Waals surface area (Å²) < 4.78 is 33.6. The van der Waals surface area contributed by atoms with Gasteiger partial charge in [-0.2, -0.15) is 0 Å². The van der Waals surface area contributed by atoms with E-state index in [1.165, 1.54) is 17.4 Å². The topological polar surface area (TPSA) is 101 Å². The van der Waals surface area contributed by atoms with E-state index in [1.54, 1.807) is 67.1 Å². The lowest BCUT2D eigenvalue weighted by atomic mass is 10.2. The number of furan rings is 1. The molecule has 0 aliphatic carbocycles. The zero-order chi connectivity index (χ0) is 22.7. The molecule has 2 aromatic carbocycles. The van der Waals surface area contributed by atoms with Gasteiger partial charge >= 0.3 is 0 Å². The number of carbonyl (C=O) groups excluding carboxylic acids is 1. The van der Waals surface area contributed by atoms with Gasteiger partial charge < -0.3 is 9.73 Å². The van der Waals surface area contributed by atoms with Crippen LogP contribution >= 0.6 is 22.9 Å². The molecule has 4 rings (SSSR count). The van der Waals surface area contributed by atoms with Gasteiger partial charge in [0.15, 0.2) is 10.8 Å². The molecule has 0 bridgehead atoms. The Morgan fingerprint density at radius 2 is 1.88 bits per heavy atom. The van der Waals surface area contributed by atoms with Crippen molar-refractivity contribution in [3.8, 4) is 10.8 Å². The van der Waals surface area contributed by atoms with Crippen LogP contribution in [0.25, 0.3) is 10.8 Å². The van der Waals surface area contributed by atoms with Crippen molar-refractivity contribution in [2.75, 3.05) is 10.0 Å². The number of hydrogen-bond acceptors (Lipinski definition) is 6. The van der Waals surface area contributed by atoms with E-state index in [-0.39, 0.29) is 17.2 Å². The third-order valence-electron chi connectivity index (χ3n) is 4.48. The maximum atomic E-state index is 12.9. The van der Waals surface area contributed by atoms with Crippen LogP contribution in [0.2, 0.25) is 5.02 Å². The summed E-state index contributed by atoms with van der Waals surface area (Å²) in [4.78, 5) is 17.0.